The third-order valence-electron chi connectivity index (χ3n) is 4.43. The molecule has 164 valence electrons. The van der Waals surface area contributed by atoms with E-state index in [4.69, 9.17) is 19.4 Å². The van der Waals surface area contributed by atoms with Crippen LogP contribution >= 0.6 is 0 Å². The number of ether oxygens (including phenoxy) is 2. The highest BCUT2D eigenvalue weighted by molar-refractivity contribution is 5.73. The van der Waals surface area contributed by atoms with Crippen molar-refractivity contribution < 1.29 is 32.5 Å². The van der Waals surface area contributed by atoms with E-state index in [-0.39, 0.29) is 0 Å². The molecule has 0 saturated heterocycles. The summed E-state index contributed by atoms with van der Waals surface area (Å²) in [5.41, 5.74) is 3.60. The zero-order chi connectivity index (χ0) is 22.1. The van der Waals surface area contributed by atoms with Gasteiger partial charge in [-0.1, -0.05) is 12.1 Å². The summed E-state index contributed by atoms with van der Waals surface area (Å²) < 4.78 is 42.6. The minimum absolute atomic E-state index is 0.638. The standard InChI is InChI=1S/C18H23N3O2.C2HF3O2/c1-3-23-18-16-8-10-21(11-9-17(16)19-13-20-18)12-14-4-6-15(22-2)7-5-14;3-2(4,5)1(6)7/h4-7,13H,3,8-12H2,1-2H3;(H,6,7). The number of aliphatic carboxylic acids is 1. The normalized spacial score (nSPS) is 14.0. The molecule has 0 bridgehead atoms. The first-order chi connectivity index (χ1) is 14.2. The van der Waals surface area contributed by atoms with E-state index >= 15 is 0 Å². The molecule has 1 aliphatic rings. The number of methoxy groups -OCH3 is 1. The maximum Gasteiger partial charge on any atom is 0.490 e. The topological polar surface area (TPSA) is 84.8 Å². The molecule has 0 spiro atoms. The van der Waals surface area contributed by atoms with Crippen LogP contribution in [0.15, 0.2) is 30.6 Å². The van der Waals surface area contributed by atoms with Crippen LogP contribution in [0.25, 0.3) is 0 Å². The average Bonchev–Trinajstić information content (AvgIpc) is 2.92. The molecule has 0 fully saturated rings. The lowest BCUT2D eigenvalue weighted by molar-refractivity contribution is -0.192. The lowest BCUT2D eigenvalue weighted by atomic mass is 10.1. The Bertz CT molecular complexity index is 829. The Morgan fingerprint density at radius 3 is 2.37 bits per heavy atom. The van der Waals surface area contributed by atoms with Crippen LogP contribution < -0.4 is 9.47 Å². The van der Waals surface area contributed by atoms with Gasteiger partial charge in [0.2, 0.25) is 5.88 Å². The minimum atomic E-state index is -5.08. The first-order valence-electron chi connectivity index (χ1n) is 9.35. The van der Waals surface area contributed by atoms with E-state index in [0.717, 1.165) is 49.8 Å². The molecule has 1 aromatic carbocycles. The molecule has 2 aromatic rings. The first kappa shape index (κ1) is 23.4. The number of benzene rings is 1. The van der Waals surface area contributed by atoms with Gasteiger partial charge in [-0.05, 0) is 31.0 Å². The van der Waals surface area contributed by atoms with Gasteiger partial charge in [0.05, 0.1) is 19.4 Å². The zero-order valence-corrected chi connectivity index (χ0v) is 16.8. The summed E-state index contributed by atoms with van der Waals surface area (Å²) in [5.74, 6) is -1.11. The smallest absolute Gasteiger partial charge is 0.490 e. The van der Waals surface area contributed by atoms with Gasteiger partial charge in [-0.2, -0.15) is 13.2 Å². The Hall–Kier alpha value is -2.88. The van der Waals surface area contributed by atoms with E-state index in [2.05, 4.69) is 27.0 Å². The maximum atomic E-state index is 10.6. The van der Waals surface area contributed by atoms with Crippen molar-refractivity contribution in [3.63, 3.8) is 0 Å². The Morgan fingerprint density at radius 1 is 1.17 bits per heavy atom. The summed E-state index contributed by atoms with van der Waals surface area (Å²) in [5, 5.41) is 7.12. The second-order valence-corrected chi connectivity index (χ2v) is 6.46. The number of carbonyl (C=O) groups is 1. The lowest BCUT2D eigenvalue weighted by Gasteiger charge is -2.19. The summed E-state index contributed by atoms with van der Waals surface area (Å²) in [6.45, 7) is 5.56. The molecule has 0 aliphatic carbocycles. The van der Waals surface area contributed by atoms with Gasteiger partial charge in [0.1, 0.15) is 12.1 Å². The SMILES string of the molecule is CCOc1ncnc2c1CCN(Cc1ccc(OC)cc1)CC2.O=C(O)C(F)(F)F. The Labute approximate surface area is 172 Å². The summed E-state index contributed by atoms with van der Waals surface area (Å²) in [6, 6.07) is 8.28. The predicted molar refractivity (Wildman–Crippen MR) is 103 cm³/mol. The van der Waals surface area contributed by atoms with E-state index in [1.807, 2.05) is 19.1 Å². The van der Waals surface area contributed by atoms with Gasteiger partial charge in [-0.15, -0.1) is 0 Å². The van der Waals surface area contributed by atoms with E-state index in [0.29, 0.717) is 6.61 Å². The van der Waals surface area contributed by atoms with Crippen molar-refractivity contribution >= 4 is 5.97 Å². The van der Waals surface area contributed by atoms with Crippen LogP contribution in [0.4, 0.5) is 13.2 Å². The molecular formula is C20H24F3N3O4. The molecule has 0 atom stereocenters. The van der Waals surface area contributed by atoms with Crippen molar-refractivity contribution in [1.82, 2.24) is 14.9 Å². The summed E-state index contributed by atoms with van der Waals surface area (Å²) in [4.78, 5) is 20.1. The third kappa shape index (κ3) is 6.87. The van der Waals surface area contributed by atoms with Gasteiger partial charge in [-0.25, -0.2) is 14.8 Å². The fourth-order valence-corrected chi connectivity index (χ4v) is 2.95. The molecule has 1 aliphatic heterocycles. The van der Waals surface area contributed by atoms with Gasteiger partial charge in [0.15, 0.2) is 0 Å². The van der Waals surface area contributed by atoms with Crippen molar-refractivity contribution in [2.75, 3.05) is 26.8 Å². The van der Waals surface area contributed by atoms with Crippen molar-refractivity contribution in [1.29, 1.82) is 0 Å². The summed E-state index contributed by atoms with van der Waals surface area (Å²) in [7, 11) is 1.69. The van der Waals surface area contributed by atoms with Gasteiger partial charge in [-0.3, -0.25) is 4.90 Å². The summed E-state index contributed by atoms with van der Waals surface area (Å²) >= 11 is 0. The molecule has 3 rings (SSSR count). The highest BCUT2D eigenvalue weighted by Gasteiger charge is 2.38. The van der Waals surface area contributed by atoms with Gasteiger partial charge in [0, 0.05) is 31.6 Å². The van der Waals surface area contributed by atoms with Gasteiger partial charge < -0.3 is 14.6 Å². The van der Waals surface area contributed by atoms with Crippen LogP contribution in [-0.2, 0) is 24.2 Å². The quantitative estimate of drug-likeness (QED) is 0.785. The molecule has 1 N–H and O–H groups in total. The number of hydrogen-bond donors (Lipinski definition) is 1. The number of hydrogen-bond acceptors (Lipinski definition) is 6. The minimum Gasteiger partial charge on any atom is -0.497 e. The lowest BCUT2D eigenvalue weighted by Crippen LogP contribution is -2.25. The number of nitrogens with zero attached hydrogens (tertiary/aromatic N) is 3. The highest BCUT2D eigenvalue weighted by atomic mass is 19.4. The zero-order valence-electron chi connectivity index (χ0n) is 16.8. The molecule has 0 unspecified atom stereocenters. The Balaban J connectivity index is 0.000000396. The molecule has 0 saturated carbocycles. The Kier molecular flexibility index (Phi) is 8.40. The third-order valence-corrected chi connectivity index (χ3v) is 4.43. The van der Waals surface area contributed by atoms with E-state index in [9.17, 15) is 13.2 Å². The maximum absolute atomic E-state index is 10.6. The molecule has 0 amide bonds. The Morgan fingerprint density at radius 2 is 1.80 bits per heavy atom. The second-order valence-electron chi connectivity index (χ2n) is 6.46. The summed E-state index contributed by atoms with van der Waals surface area (Å²) in [6.07, 6.45) is -1.60. The van der Waals surface area contributed by atoms with Crippen molar-refractivity contribution in [3.8, 4) is 11.6 Å². The van der Waals surface area contributed by atoms with Crippen LogP contribution in [0.2, 0.25) is 0 Å². The monoisotopic (exact) mass is 427 g/mol. The molecule has 30 heavy (non-hydrogen) atoms. The van der Waals surface area contributed by atoms with Crippen LogP contribution in [0.5, 0.6) is 11.6 Å². The molecule has 10 heteroatoms. The number of carboxylic acid groups (broad SMARTS) is 1. The fourth-order valence-electron chi connectivity index (χ4n) is 2.95. The van der Waals surface area contributed by atoms with E-state index in [1.54, 1.807) is 13.4 Å². The highest BCUT2D eigenvalue weighted by Crippen LogP contribution is 2.23. The molecular weight excluding hydrogens is 403 g/mol. The molecule has 0 radical (unpaired) electrons. The molecule has 2 heterocycles. The van der Waals surface area contributed by atoms with Crippen LogP contribution in [0.3, 0.4) is 0 Å². The van der Waals surface area contributed by atoms with Crippen LogP contribution in [0, 0.1) is 0 Å². The van der Waals surface area contributed by atoms with Crippen LogP contribution in [-0.4, -0.2) is 58.9 Å². The van der Waals surface area contributed by atoms with Gasteiger partial charge >= 0.3 is 12.1 Å². The number of rotatable bonds is 5. The second kappa shape index (κ2) is 10.8. The van der Waals surface area contributed by atoms with Gasteiger partial charge in [0.25, 0.3) is 0 Å². The largest absolute Gasteiger partial charge is 0.497 e. The number of halogens is 3. The number of fused-ring (bicyclic) bond motifs is 1. The van der Waals surface area contributed by atoms with E-state index in [1.165, 1.54) is 11.1 Å². The van der Waals surface area contributed by atoms with Crippen LogP contribution in [0.1, 0.15) is 23.7 Å². The predicted octanol–water partition coefficient (Wildman–Crippen LogP) is 3.12. The number of aromatic nitrogens is 2. The van der Waals surface area contributed by atoms with Crippen molar-refractivity contribution in [2.24, 2.45) is 0 Å². The molecule has 1 aromatic heterocycles. The first-order valence-corrected chi connectivity index (χ1v) is 9.35. The average molecular weight is 427 g/mol. The van der Waals surface area contributed by atoms with Crippen molar-refractivity contribution in [2.45, 2.75) is 32.5 Å². The van der Waals surface area contributed by atoms with E-state index < -0.39 is 12.1 Å². The number of alkyl halides is 3. The number of carboxylic acids is 1. The van der Waals surface area contributed by atoms with Crippen molar-refractivity contribution in [3.05, 3.63) is 47.4 Å². The molecule has 7 nitrogen and oxygen atoms in total. The fraction of sp³-hybridized carbons (Fsp3) is 0.450.